The molecule has 5 heteroatoms. The van der Waals surface area contributed by atoms with Gasteiger partial charge in [-0.1, -0.05) is 30.3 Å². The summed E-state index contributed by atoms with van der Waals surface area (Å²) < 4.78 is 5.38. The number of carbonyl (C=O) groups is 1. The van der Waals surface area contributed by atoms with Crippen molar-refractivity contribution in [2.24, 2.45) is 0 Å². The first kappa shape index (κ1) is 16.3. The Bertz CT molecular complexity index is 861. The van der Waals surface area contributed by atoms with Gasteiger partial charge in [0.15, 0.2) is 0 Å². The Labute approximate surface area is 141 Å². The van der Waals surface area contributed by atoms with Crippen molar-refractivity contribution < 1.29 is 9.32 Å². The molecule has 24 heavy (non-hydrogen) atoms. The fourth-order valence-electron chi connectivity index (χ4n) is 3.27. The van der Waals surface area contributed by atoms with Gasteiger partial charge in [-0.15, -0.1) is 0 Å². The third-order valence-electron chi connectivity index (χ3n) is 4.50. The van der Waals surface area contributed by atoms with Crippen molar-refractivity contribution in [1.82, 2.24) is 15.0 Å². The van der Waals surface area contributed by atoms with Crippen molar-refractivity contribution in [2.75, 3.05) is 14.1 Å². The molecule has 0 fully saturated rings. The third kappa shape index (κ3) is 2.82. The second-order valence-electron chi connectivity index (χ2n) is 6.30. The van der Waals surface area contributed by atoms with Crippen LogP contribution in [0.3, 0.4) is 0 Å². The van der Waals surface area contributed by atoms with E-state index in [-0.39, 0.29) is 11.8 Å². The monoisotopic (exact) mass is 325 g/mol. The molecule has 2 aromatic heterocycles. The van der Waals surface area contributed by atoms with Crippen LogP contribution < -0.4 is 0 Å². The van der Waals surface area contributed by atoms with Crippen LogP contribution >= 0.6 is 0 Å². The van der Waals surface area contributed by atoms with Gasteiger partial charge in [0.25, 0.3) is 0 Å². The largest absolute Gasteiger partial charge is 0.361 e. The minimum Gasteiger partial charge on any atom is -0.361 e. The number of aromatic amines is 1. The second-order valence-corrected chi connectivity index (χ2v) is 6.30. The van der Waals surface area contributed by atoms with Crippen LogP contribution in [0.1, 0.15) is 35.4 Å². The van der Waals surface area contributed by atoms with E-state index in [9.17, 15) is 4.79 Å². The first-order chi connectivity index (χ1) is 11.5. The first-order valence-corrected chi connectivity index (χ1v) is 8.24. The summed E-state index contributed by atoms with van der Waals surface area (Å²) in [5.41, 5.74) is 4.02. The van der Waals surface area contributed by atoms with Crippen molar-refractivity contribution in [3.05, 3.63) is 53.0 Å². The summed E-state index contributed by atoms with van der Waals surface area (Å²) in [6.45, 7) is 3.91. The summed E-state index contributed by atoms with van der Waals surface area (Å²) in [4.78, 5) is 17.8. The number of hydrogen-bond acceptors (Lipinski definition) is 3. The molecule has 3 aromatic rings. The zero-order valence-electron chi connectivity index (χ0n) is 14.6. The van der Waals surface area contributed by atoms with Gasteiger partial charge in [0.05, 0.1) is 11.6 Å². The van der Waals surface area contributed by atoms with E-state index in [1.165, 1.54) is 0 Å². The molecule has 1 amide bonds. The number of carbonyl (C=O) groups excluding carboxylic acids is 1. The molecule has 0 aliphatic rings. The lowest BCUT2D eigenvalue weighted by Gasteiger charge is -2.20. The van der Waals surface area contributed by atoms with E-state index in [1.807, 2.05) is 38.2 Å². The highest BCUT2D eigenvalue weighted by atomic mass is 16.5. The topological polar surface area (TPSA) is 62.1 Å². The highest BCUT2D eigenvalue weighted by Gasteiger charge is 2.30. The predicted octanol–water partition coefficient (Wildman–Crippen LogP) is 3.44. The number of aromatic nitrogens is 2. The van der Waals surface area contributed by atoms with Gasteiger partial charge in [-0.25, -0.2) is 0 Å². The fourth-order valence-corrected chi connectivity index (χ4v) is 3.27. The Kier molecular flexibility index (Phi) is 4.42. The maximum Gasteiger partial charge on any atom is 0.230 e. The van der Waals surface area contributed by atoms with E-state index in [0.717, 1.165) is 39.9 Å². The molecule has 5 nitrogen and oxygen atoms in total. The minimum atomic E-state index is -0.291. The van der Waals surface area contributed by atoms with Gasteiger partial charge in [-0.2, -0.15) is 0 Å². The van der Waals surface area contributed by atoms with Gasteiger partial charge in [0.2, 0.25) is 5.91 Å². The number of nitrogens with one attached hydrogen (secondary N) is 1. The van der Waals surface area contributed by atoms with E-state index in [2.05, 4.69) is 16.2 Å². The molecule has 0 bridgehead atoms. The number of H-pyrrole nitrogens is 1. The van der Waals surface area contributed by atoms with Crippen LogP contribution in [0.15, 0.2) is 35.0 Å². The van der Waals surface area contributed by atoms with Crippen LogP contribution in [0, 0.1) is 6.92 Å². The Morgan fingerprint density at radius 3 is 2.79 bits per heavy atom. The number of nitrogens with zero attached hydrogens (tertiary/aromatic N) is 2. The molecule has 3 rings (SSSR count). The maximum absolute atomic E-state index is 12.9. The Morgan fingerprint density at radius 1 is 1.33 bits per heavy atom. The van der Waals surface area contributed by atoms with Crippen LogP contribution in [0.5, 0.6) is 0 Å². The van der Waals surface area contributed by atoms with Crippen LogP contribution in [0.25, 0.3) is 10.9 Å². The molecule has 1 aromatic carbocycles. The van der Waals surface area contributed by atoms with E-state index in [4.69, 9.17) is 4.52 Å². The van der Waals surface area contributed by atoms with Crippen LogP contribution in [0.2, 0.25) is 0 Å². The molecule has 0 saturated carbocycles. The highest BCUT2D eigenvalue weighted by molar-refractivity contribution is 5.87. The summed E-state index contributed by atoms with van der Waals surface area (Å²) in [5.74, 6) is 0.508. The summed E-state index contributed by atoms with van der Waals surface area (Å²) in [6, 6.07) is 8.15. The molecule has 0 radical (unpaired) electrons. The molecule has 0 spiro atoms. The summed E-state index contributed by atoms with van der Waals surface area (Å²) >= 11 is 0. The van der Waals surface area contributed by atoms with Crippen molar-refractivity contribution >= 4 is 16.8 Å². The first-order valence-electron chi connectivity index (χ1n) is 8.24. The summed E-state index contributed by atoms with van der Waals surface area (Å²) in [7, 11) is 3.58. The van der Waals surface area contributed by atoms with E-state index in [1.54, 1.807) is 19.0 Å². The lowest BCUT2D eigenvalue weighted by Crippen LogP contribution is -2.30. The molecule has 2 heterocycles. The van der Waals surface area contributed by atoms with Crippen molar-refractivity contribution in [2.45, 2.75) is 32.6 Å². The SMILES string of the molecule is CCc1noc(C)c1C(Cc1c[nH]c2ccccc12)C(=O)N(C)C. The zero-order valence-corrected chi connectivity index (χ0v) is 14.6. The summed E-state index contributed by atoms with van der Waals surface area (Å²) in [6.07, 6.45) is 3.36. The molecular formula is C19H23N3O2. The Balaban J connectivity index is 2.05. The van der Waals surface area contributed by atoms with Gasteiger partial charge >= 0.3 is 0 Å². The molecule has 1 unspecified atom stereocenters. The van der Waals surface area contributed by atoms with E-state index in [0.29, 0.717) is 6.42 Å². The van der Waals surface area contributed by atoms with Gasteiger partial charge in [0, 0.05) is 36.8 Å². The van der Waals surface area contributed by atoms with Crippen molar-refractivity contribution in [3.8, 4) is 0 Å². The lowest BCUT2D eigenvalue weighted by atomic mass is 9.88. The fraction of sp³-hybridized carbons (Fsp3) is 0.368. The number of aryl methyl sites for hydroxylation is 2. The predicted molar refractivity (Wildman–Crippen MR) is 94.1 cm³/mol. The zero-order chi connectivity index (χ0) is 17.3. The normalized spacial score (nSPS) is 12.5. The number of rotatable bonds is 5. The molecule has 0 aliphatic carbocycles. The third-order valence-corrected chi connectivity index (χ3v) is 4.50. The number of hydrogen-bond donors (Lipinski definition) is 1. The molecule has 126 valence electrons. The maximum atomic E-state index is 12.9. The van der Waals surface area contributed by atoms with Crippen molar-refractivity contribution in [3.63, 3.8) is 0 Å². The van der Waals surface area contributed by atoms with E-state index >= 15 is 0 Å². The van der Waals surface area contributed by atoms with Crippen LogP contribution in [-0.4, -0.2) is 35.0 Å². The van der Waals surface area contributed by atoms with Crippen LogP contribution in [0.4, 0.5) is 0 Å². The van der Waals surface area contributed by atoms with Gasteiger partial charge in [-0.3, -0.25) is 4.79 Å². The average Bonchev–Trinajstić information content (AvgIpc) is 3.15. The molecule has 0 saturated heterocycles. The van der Waals surface area contributed by atoms with Crippen molar-refractivity contribution in [1.29, 1.82) is 0 Å². The average molecular weight is 325 g/mol. The second kappa shape index (κ2) is 6.51. The highest BCUT2D eigenvalue weighted by Crippen LogP contribution is 2.31. The number of likely N-dealkylation sites (N-methyl/N-ethyl adjacent to an activating group) is 1. The molecular weight excluding hydrogens is 302 g/mol. The number of para-hydroxylation sites is 1. The van der Waals surface area contributed by atoms with E-state index < -0.39 is 0 Å². The Hall–Kier alpha value is -2.56. The lowest BCUT2D eigenvalue weighted by molar-refractivity contribution is -0.130. The van der Waals surface area contributed by atoms with Gasteiger partial charge in [-0.05, 0) is 31.4 Å². The minimum absolute atomic E-state index is 0.0706. The Morgan fingerprint density at radius 2 is 2.08 bits per heavy atom. The summed E-state index contributed by atoms with van der Waals surface area (Å²) in [5, 5.41) is 5.29. The van der Waals surface area contributed by atoms with Gasteiger partial charge < -0.3 is 14.4 Å². The molecule has 1 atom stereocenters. The van der Waals surface area contributed by atoms with Gasteiger partial charge in [0.1, 0.15) is 5.76 Å². The number of amides is 1. The smallest absolute Gasteiger partial charge is 0.230 e. The molecule has 1 N–H and O–H groups in total. The standard InChI is InChI=1S/C19H23N3O2/c1-5-16-18(12(2)24-21-16)15(19(23)22(3)4)10-13-11-20-17-9-7-6-8-14(13)17/h6-9,11,15,20H,5,10H2,1-4H3. The number of benzene rings is 1. The molecule has 0 aliphatic heterocycles. The quantitative estimate of drug-likeness (QED) is 0.781. The van der Waals surface area contributed by atoms with Crippen LogP contribution in [-0.2, 0) is 17.6 Å². The number of fused-ring (bicyclic) bond motifs is 1.